The van der Waals surface area contributed by atoms with Crippen molar-refractivity contribution in [1.82, 2.24) is 0 Å². The Hall–Kier alpha value is -0.790. The fourth-order valence-corrected chi connectivity index (χ4v) is 3.86. The van der Waals surface area contributed by atoms with E-state index in [1.807, 2.05) is 0 Å². The van der Waals surface area contributed by atoms with Crippen LogP contribution in [0, 0.1) is 23.7 Å². The van der Waals surface area contributed by atoms with E-state index in [2.05, 4.69) is 13.5 Å². The second-order valence-electron chi connectivity index (χ2n) is 5.46. The highest BCUT2D eigenvalue weighted by atomic mass is 16.6. The molecule has 0 N–H and O–H groups in total. The molecule has 0 spiro atoms. The summed E-state index contributed by atoms with van der Waals surface area (Å²) in [5.41, 5.74) is 1.15. The SMILES string of the molecule is C=C1CC[C@@H]2[C@@H]3[C@@H](CC[C@H]2C)C(=O)O[C@@H]13. The second-order valence-corrected chi connectivity index (χ2v) is 5.46. The number of hydrogen-bond acceptors (Lipinski definition) is 2. The van der Waals surface area contributed by atoms with Crippen molar-refractivity contribution in [3.63, 3.8) is 0 Å². The van der Waals surface area contributed by atoms with Gasteiger partial charge < -0.3 is 4.74 Å². The predicted molar refractivity (Wildman–Crippen MR) is 57.1 cm³/mol. The molecule has 5 atom stereocenters. The summed E-state index contributed by atoms with van der Waals surface area (Å²) >= 11 is 0. The van der Waals surface area contributed by atoms with E-state index in [4.69, 9.17) is 4.74 Å². The fraction of sp³-hybridized carbons (Fsp3) is 0.769. The minimum absolute atomic E-state index is 0.0463. The van der Waals surface area contributed by atoms with Crippen LogP contribution in [0.4, 0.5) is 0 Å². The van der Waals surface area contributed by atoms with Gasteiger partial charge in [-0.25, -0.2) is 0 Å². The molecular formula is C13H18O2. The zero-order valence-corrected chi connectivity index (χ0v) is 9.24. The lowest BCUT2D eigenvalue weighted by atomic mass is 9.61. The van der Waals surface area contributed by atoms with Gasteiger partial charge >= 0.3 is 5.97 Å². The van der Waals surface area contributed by atoms with Gasteiger partial charge in [-0.05, 0) is 43.1 Å². The van der Waals surface area contributed by atoms with Crippen molar-refractivity contribution < 1.29 is 9.53 Å². The van der Waals surface area contributed by atoms with E-state index in [0.717, 1.165) is 24.3 Å². The van der Waals surface area contributed by atoms with Crippen LogP contribution in [0.2, 0.25) is 0 Å². The minimum atomic E-state index is 0.0463. The van der Waals surface area contributed by atoms with Crippen molar-refractivity contribution in [3.05, 3.63) is 12.2 Å². The van der Waals surface area contributed by atoms with E-state index in [0.29, 0.717) is 11.8 Å². The van der Waals surface area contributed by atoms with E-state index < -0.39 is 0 Å². The molecule has 0 aromatic heterocycles. The van der Waals surface area contributed by atoms with Crippen LogP contribution in [0.5, 0.6) is 0 Å². The van der Waals surface area contributed by atoms with E-state index in [1.165, 1.54) is 12.8 Å². The maximum atomic E-state index is 11.7. The smallest absolute Gasteiger partial charge is 0.309 e. The Balaban J connectivity index is 1.96. The van der Waals surface area contributed by atoms with Gasteiger partial charge in [-0.1, -0.05) is 13.5 Å². The average Bonchev–Trinajstić information content (AvgIpc) is 2.54. The summed E-state index contributed by atoms with van der Waals surface area (Å²) in [5, 5.41) is 0. The number of ether oxygens (including phenoxy) is 1. The molecule has 2 saturated carbocycles. The van der Waals surface area contributed by atoms with E-state index >= 15 is 0 Å². The standard InChI is InChI=1S/C13H18O2/c1-7-3-6-10-11-9(7)5-4-8(2)12(11)15-13(10)14/h7,9-12H,2-6H2,1H3/t7-,9+,10-,11-,12+/m1/s1. The predicted octanol–water partition coefficient (Wildman–Crippen LogP) is 2.54. The molecule has 2 heteroatoms. The van der Waals surface area contributed by atoms with Gasteiger partial charge in [0.15, 0.2) is 0 Å². The molecule has 3 fully saturated rings. The number of carbonyl (C=O) groups excluding carboxylic acids is 1. The van der Waals surface area contributed by atoms with Crippen molar-refractivity contribution in [2.75, 3.05) is 0 Å². The third-order valence-electron chi connectivity index (χ3n) is 4.72. The Morgan fingerprint density at radius 1 is 1.33 bits per heavy atom. The molecule has 82 valence electrons. The average molecular weight is 206 g/mol. The quantitative estimate of drug-likeness (QED) is 0.449. The summed E-state index contributed by atoms with van der Waals surface area (Å²) in [6.07, 6.45) is 4.55. The summed E-state index contributed by atoms with van der Waals surface area (Å²) < 4.78 is 5.50. The number of rotatable bonds is 0. The molecule has 2 nitrogen and oxygen atoms in total. The molecule has 0 bridgehead atoms. The first-order chi connectivity index (χ1) is 7.18. The largest absolute Gasteiger partial charge is 0.457 e. The first-order valence-electron chi connectivity index (χ1n) is 6.06. The van der Waals surface area contributed by atoms with Crippen LogP contribution in [0.15, 0.2) is 12.2 Å². The maximum absolute atomic E-state index is 11.7. The van der Waals surface area contributed by atoms with Gasteiger partial charge in [0.1, 0.15) is 6.10 Å². The van der Waals surface area contributed by atoms with Crippen molar-refractivity contribution >= 4 is 5.97 Å². The monoisotopic (exact) mass is 206 g/mol. The topological polar surface area (TPSA) is 26.3 Å². The van der Waals surface area contributed by atoms with Crippen molar-refractivity contribution in [2.45, 2.75) is 38.7 Å². The second kappa shape index (κ2) is 3.10. The Bertz CT molecular complexity index is 320. The molecule has 3 rings (SSSR count). The van der Waals surface area contributed by atoms with E-state index in [-0.39, 0.29) is 18.0 Å². The lowest BCUT2D eigenvalue weighted by Gasteiger charge is -2.42. The Kier molecular flexibility index (Phi) is 1.95. The van der Waals surface area contributed by atoms with Crippen molar-refractivity contribution in [3.8, 4) is 0 Å². The lowest BCUT2D eigenvalue weighted by Crippen LogP contribution is -2.40. The Morgan fingerprint density at radius 3 is 2.93 bits per heavy atom. The zero-order valence-electron chi connectivity index (χ0n) is 9.24. The summed E-state index contributed by atoms with van der Waals surface area (Å²) in [6, 6.07) is 0. The molecule has 15 heavy (non-hydrogen) atoms. The molecule has 1 saturated heterocycles. The summed E-state index contributed by atoms with van der Waals surface area (Å²) in [7, 11) is 0. The van der Waals surface area contributed by atoms with Gasteiger partial charge in [0, 0.05) is 5.92 Å². The molecule has 1 heterocycles. The Morgan fingerprint density at radius 2 is 2.13 bits per heavy atom. The normalized spacial score (nSPS) is 48.7. The molecule has 0 unspecified atom stereocenters. The van der Waals surface area contributed by atoms with Crippen LogP contribution in [0.25, 0.3) is 0 Å². The van der Waals surface area contributed by atoms with E-state index in [9.17, 15) is 4.79 Å². The minimum Gasteiger partial charge on any atom is -0.457 e. The third kappa shape index (κ3) is 1.20. The Labute approximate surface area is 90.7 Å². The van der Waals surface area contributed by atoms with Crippen LogP contribution in [-0.4, -0.2) is 12.1 Å². The van der Waals surface area contributed by atoms with Gasteiger partial charge in [-0.3, -0.25) is 4.79 Å². The first-order valence-corrected chi connectivity index (χ1v) is 6.06. The van der Waals surface area contributed by atoms with Crippen LogP contribution < -0.4 is 0 Å². The maximum Gasteiger partial charge on any atom is 0.309 e. The molecular weight excluding hydrogens is 188 g/mol. The van der Waals surface area contributed by atoms with Crippen LogP contribution in [-0.2, 0) is 9.53 Å². The van der Waals surface area contributed by atoms with Crippen molar-refractivity contribution in [2.24, 2.45) is 23.7 Å². The van der Waals surface area contributed by atoms with Gasteiger partial charge in [-0.2, -0.15) is 0 Å². The molecule has 0 aromatic carbocycles. The highest BCUT2D eigenvalue weighted by Crippen LogP contribution is 2.52. The van der Waals surface area contributed by atoms with Gasteiger partial charge in [0.2, 0.25) is 0 Å². The highest BCUT2D eigenvalue weighted by Gasteiger charge is 2.54. The fourth-order valence-electron chi connectivity index (χ4n) is 3.86. The molecule has 0 aromatic rings. The number of carbonyl (C=O) groups is 1. The lowest BCUT2D eigenvalue weighted by molar-refractivity contribution is -0.143. The van der Waals surface area contributed by atoms with Gasteiger partial charge in [0.05, 0.1) is 5.92 Å². The third-order valence-corrected chi connectivity index (χ3v) is 4.72. The molecule has 0 radical (unpaired) electrons. The van der Waals surface area contributed by atoms with Gasteiger partial charge in [0.25, 0.3) is 0 Å². The molecule has 3 aliphatic rings. The van der Waals surface area contributed by atoms with Crippen LogP contribution >= 0.6 is 0 Å². The summed E-state index contributed by atoms with van der Waals surface area (Å²) in [4.78, 5) is 11.7. The van der Waals surface area contributed by atoms with Crippen molar-refractivity contribution in [1.29, 1.82) is 0 Å². The summed E-state index contributed by atoms with van der Waals surface area (Å²) in [6.45, 7) is 6.39. The van der Waals surface area contributed by atoms with E-state index in [1.54, 1.807) is 0 Å². The zero-order chi connectivity index (χ0) is 10.6. The van der Waals surface area contributed by atoms with Gasteiger partial charge in [-0.15, -0.1) is 0 Å². The molecule has 0 amide bonds. The van der Waals surface area contributed by atoms with Crippen LogP contribution in [0.1, 0.15) is 32.6 Å². The number of hydrogen-bond donors (Lipinski definition) is 0. The summed E-state index contributed by atoms with van der Waals surface area (Å²) in [5.74, 6) is 2.16. The molecule has 2 aliphatic carbocycles. The molecule has 1 aliphatic heterocycles. The van der Waals surface area contributed by atoms with Crippen LogP contribution in [0.3, 0.4) is 0 Å². The number of esters is 1. The first kappa shape index (κ1) is 9.44. The highest BCUT2D eigenvalue weighted by molar-refractivity contribution is 5.76.